The Morgan fingerprint density at radius 1 is 1.32 bits per heavy atom. The second-order valence-corrected chi connectivity index (χ2v) is 5.58. The van der Waals surface area contributed by atoms with Crippen molar-refractivity contribution in [2.24, 2.45) is 7.05 Å². The minimum absolute atomic E-state index is 0.488. The lowest BCUT2D eigenvalue weighted by atomic mass is 10.0. The number of nitrogens with zero attached hydrogens (tertiary/aromatic N) is 1. The average Bonchev–Trinajstić information content (AvgIpc) is 2.97. The molecule has 0 amide bonds. The lowest BCUT2D eigenvalue weighted by Gasteiger charge is -2.14. The molecule has 0 radical (unpaired) electrons. The Labute approximate surface area is 114 Å². The van der Waals surface area contributed by atoms with Crippen molar-refractivity contribution >= 4 is 10.9 Å². The third-order valence-corrected chi connectivity index (χ3v) is 4.31. The van der Waals surface area contributed by atoms with Crippen LogP contribution in [0.4, 0.5) is 0 Å². The van der Waals surface area contributed by atoms with Crippen LogP contribution in [0.25, 0.3) is 10.9 Å². The monoisotopic (exact) mass is 258 g/mol. The van der Waals surface area contributed by atoms with Crippen LogP contribution < -0.4 is 10.1 Å². The van der Waals surface area contributed by atoms with Crippen LogP contribution in [-0.4, -0.2) is 18.2 Å². The summed E-state index contributed by atoms with van der Waals surface area (Å²) in [6.07, 6.45) is 2.49. The zero-order chi connectivity index (χ0) is 13.6. The summed E-state index contributed by atoms with van der Waals surface area (Å²) >= 11 is 0. The summed E-state index contributed by atoms with van der Waals surface area (Å²) in [6, 6.07) is 4.88. The zero-order valence-corrected chi connectivity index (χ0v) is 12.2. The van der Waals surface area contributed by atoms with Crippen LogP contribution in [0.5, 0.6) is 5.75 Å². The normalized spacial score (nSPS) is 19.3. The molecule has 3 heteroatoms. The molecule has 0 bridgehead atoms. The van der Waals surface area contributed by atoms with Crippen molar-refractivity contribution in [3.63, 3.8) is 0 Å². The molecule has 0 aliphatic carbocycles. The summed E-state index contributed by atoms with van der Waals surface area (Å²) in [6.45, 7) is 5.49. The van der Waals surface area contributed by atoms with E-state index < -0.39 is 0 Å². The molecule has 1 N–H and O–H groups in total. The van der Waals surface area contributed by atoms with Crippen LogP contribution in [-0.2, 0) is 7.05 Å². The molecule has 1 aliphatic rings. The minimum Gasteiger partial charge on any atom is -0.495 e. The van der Waals surface area contributed by atoms with Crippen LogP contribution in [0.2, 0.25) is 0 Å². The predicted octanol–water partition coefficient (Wildman–Crippen LogP) is 3.23. The van der Waals surface area contributed by atoms with Gasteiger partial charge >= 0.3 is 0 Å². The summed E-state index contributed by atoms with van der Waals surface area (Å²) in [5, 5.41) is 4.93. The van der Waals surface area contributed by atoms with Gasteiger partial charge in [0.15, 0.2) is 0 Å². The zero-order valence-electron chi connectivity index (χ0n) is 12.2. The molecule has 2 heterocycles. The van der Waals surface area contributed by atoms with Crippen molar-refractivity contribution in [3.8, 4) is 5.75 Å². The largest absolute Gasteiger partial charge is 0.495 e. The van der Waals surface area contributed by atoms with E-state index in [1.807, 2.05) is 0 Å². The summed E-state index contributed by atoms with van der Waals surface area (Å²) in [5.41, 5.74) is 5.27. The van der Waals surface area contributed by atoms with E-state index in [1.165, 1.54) is 40.6 Å². The first-order valence-corrected chi connectivity index (χ1v) is 7.00. The molecular formula is C16H22N2O. The number of fused-ring (bicyclic) bond motifs is 1. The molecule has 102 valence electrons. The Balaban J connectivity index is 2.29. The number of rotatable bonds is 2. The second kappa shape index (κ2) is 4.57. The van der Waals surface area contributed by atoms with Gasteiger partial charge in [-0.3, -0.25) is 0 Å². The Hall–Kier alpha value is -1.48. The van der Waals surface area contributed by atoms with Gasteiger partial charge in [-0.25, -0.2) is 0 Å². The van der Waals surface area contributed by atoms with E-state index >= 15 is 0 Å². The SMILES string of the molecule is COc1cc(C)cc2c(C)c(C3CCCN3)n(C)c12. The second-order valence-electron chi connectivity index (χ2n) is 5.58. The highest BCUT2D eigenvalue weighted by Gasteiger charge is 2.24. The van der Waals surface area contributed by atoms with Gasteiger partial charge in [-0.05, 0) is 56.5 Å². The molecule has 0 spiro atoms. The van der Waals surface area contributed by atoms with Gasteiger partial charge in [0.05, 0.1) is 12.6 Å². The first-order chi connectivity index (χ1) is 9.13. The lowest BCUT2D eigenvalue weighted by molar-refractivity contribution is 0.417. The summed E-state index contributed by atoms with van der Waals surface area (Å²) in [4.78, 5) is 0. The number of aromatic nitrogens is 1. The maximum atomic E-state index is 5.58. The summed E-state index contributed by atoms with van der Waals surface area (Å²) in [5.74, 6) is 0.977. The standard InChI is InChI=1S/C16H22N2O/c1-10-8-12-11(2)15(13-6-5-7-17-13)18(3)16(12)14(9-10)19-4/h8-9,13,17H,5-7H2,1-4H3. The highest BCUT2D eigenvalue weighted by atomic mass is 16.5. The number of benzene rings is 1. The molecule has 0 saturated carbocycles. The maximum absolute atomic E-state index is 5.58. The third kappa shape index (κ3) is 1.84. The summed E-state index contributed by atoms with van der Waals surface area (Å²) < 4.78 is 7.89. The fourth-order valence-corrected chi connectivity index (χ4v) is 3.46. The number of nitrogens with one attached hydrogen (secondary N) is 1. The lowest BCUT2D eigenvalue weighted by Crippen LogP contribution is -2.16. The first kappa shape index (κ1) is 12.5. The summed E-state index contributed by atoms with van der Waals surface area (Å²) in [7, 11) is 3.91. The quantitative estimate of drug-likeness (QED) is 0.895. The van der Waals surface area contributed by atoms with Crippen molar-refractivity contribution in [2.75, 3.05) is 13.7 Å². The smallest absolute Gasteiger partial charge is 0.143 e. The number of aryl methyl sites for hydroxylation is 3. The molecule has 3 rings (SSSR count). The molecule has 1 fully saturated rings. The topological polar surface area (TPSA) is 26.2 Å². The van der Waals surface area contributed by atoms with Gasteiger partial charge in [0.25, 0.3) is 0 Å². The van der Waals surface area contributed by atoms with E-state index in [0.717, 1.165) is 12.3 Å². The van der Waals surface area contributed by atoms with Crippen molar-refractivity contribution in [1.29, 1.82) is 0 Å². The van der Waals surface area contributed by atoms with Crippen LogP contribution in [0.1, 0.15) is 35.7 Å². The van der Waals surface area contributed by atoms with Crippen LogP contribution in [0.15, 0.2) is 12.1 Å². The van der Waals surface area contributed by atoms with Gasteiger partial charge in [0, 0.05) is 24.2 Å². The van der Waals surface area contributed by atoms with Crippen molar-refractivity contribution in [2.45, 2.75) is 32.7 Å². The molecule has 1 aromatic heterocycles. The Morgan fingerprint density at radius 3 is 2.74 bits per heavy atom. The fourth-order valence-electron chi connectivity index (χ4n) is 3.46. The number of methoxy groups -OCH3 is 1. The molecule has 1 aromatic carbocycles. The van der Waals surface area contributed by atoms with Gasteiger partial charge in [-0.15, -0.1) is 0 Å². The third-order valence-electron chi connectivity index (χ3n) is 4.31. The number of ether oxygens (including phenoxy) is 1. The molecule has 1 atom stereocenters. The molecule has 1 saturated heterocycles. The fraction of sp³-hybridized carbons (Fsp3) is 0.500. The van der Waals surface area contributed by atoms with Crippen LogP contribution >= 0.6 is 0 Å². The van der Waals surface area contributed by atoms with Gasteiger partial charge in [-0.2, -0.15) is 0 Å². The molecule has 1 unspecified atom stereocenters. The molecule has 19 heavy (non-hydrogen) atoms. The highest BCUT2D eigenvalue weighted by molar-refractivity contribution is 5.91. The van der Waals surface area contributed by atoms with Gasteiger partial charge in [0.1, 0.15) is 5.75 Å². The molecule has 1 aliphatic heterocycles. The predicted molar refractivity (Wildman–Crippen MR) is 78.9 cm³/mol. The average molecular weight is 258 g/mol. The van der Waals surface area contributed by atoms with Crippen LogP contribution in [0.3, 0.4) is 0 Å². The maximum Gasteiger partial charge on any atom is 0.143 e. The van der Waals surface area contributed by atoms with Gasteiger partial charge < -0.3 is 14.6 Å². The van der Waals surface area contributed by atoms with E-state index in [0.29, 0.717) is 6.04 Å². The van der Waals surface area contributed by atoms with Crippen molar-refractivity contribution < 1.29 is 4.74 Å². The Kier molecular flexibility index (Phi) is 3.02. The van der Waals surface area contributed by atoms with E-state index in [9.17, 15) is 0 Å². The van der Waals surface area contributed by atoms with Gasteiger partial charge in [0.2, 0.25) is 0 Å². The van der Waals surface area contributed by atoms with Gasteiger partial charge in [-0.1, -0.05) is 0 Å². The molecule has 3 nitrogen and oxygen atoms in total. The highest BCUT2D eigenvalue weighted by Crippen LogP contribution is 2.37. The van der Waals surface area contributed by atoms with Crippen molar-refractivity contribution in [1.82, 2.24) is 9.88 Å². The Morgan fingerprint density at radius 2 is 2.11 bits per heavy atom. The Bertz CT molecular complexity index is 621. The van der Waals surface area contributed by atoms with E-state index in [1.54, 1.807) is 7.11 Å². The van der Waals surface area contributed by atoms with E-state index in [2.05, 4.69) is 42.9 Å². The van der Waals surface area contributed by atoms with E-state index in [-0.39, 0.29) is 0 Å². The molecule has 2 aromatic rings. The minimum atomic E-state index is 0.488. The van der Waals surface area contributed by atoms with Crippen LogP contribution in [0, 0.1) is 13.8 Å². The first-order valence-electron chi connectivity index (χ1n) is 7.00. The molecular weight excluding hydrogens is 236 g/mol. The number of hydrogen-bond donors (Lipinski definition) is 1. The number of hydrogen-bond acceptors (Lipinski definition) is 2. The van der Waals surface area contributed by atoms with E-state index in [4.69, 9.17) is 4.74 Å². The van der Waals surface area contributed by atoms with Crippen molar-refractivity contribution in [3.05, 3.63) is 29.0 Å².